The Labute approximate surface area is 147 Å². The minimum absolute atomic E-state index is 0.0765. The Balaban J connectivity index is 1.58. The normalized spacial score (nSPS) is 17.2. The number of amides is 1. The highest BCUT2D eigenvalue weighted by Crippen LogP contribution is 2.34. The van der Waals surface area contributed by atoms with E-state index >= 15 is 0 Å². The van der Waals surface area contributed by atoms with Crippen LogP contribution in [0.1, 0.15) is 41.9 Å². The smallest absolute Gasteiger partial charge is 0.270 e. The highest BCUT2D eigenvalue weighted by Gasteiger charge is 2.31. The second kappa shape index (κ2) is 6.63. The topological polar surface area (TPSA) is 45.3 Å². The van der Waals surface area contributed by atoms with Crippen molar-refractivity contribution in [2.75, 3.05) is 13.2 Å². The fourth-order valence-electron chi connectivity index (χ4n) is 3.65. The highest BCUT2D eigenvalue weighted by molar-refractivity contribution is 5.98. The molecule has 0 radical (unpaired) electrons. The first-order chi connectivity index (χ1) is 12.3. The van der Waals surface area contributed by atoms with E-state index in [2.05, 4.69) is 17.1 Å². The van der Waals surface area contributed by atoms with Crippen LogP contribution in [0.5, 0.6) is 5.75 Å². The second-order valence-corrected chi connectivity index (χ2v) is 6.43. The van der Waals surface area contributed by atoms with Crippen molar-refractivity contribution in [3.05, 3.63) is 65.9 Å². The van der Waals surface area contributed by atoms with Crippen molar-refractivity contribution >= 4 is 16.8 Å². The van der Waals surface area contributed by atoms with E-state index in [4.69, 9.17) is 4.74 Å². The van der Waals surface area contributed by atoms with Gasteiger partial charge in [0.25, 0.3) is 5.91 Å². The average molecular weight is 334 g/mol. The number of nitrogens with one attached hydrogen (secondary N) is 1. The van der Waals surface area contributed by atoms with Crippen LogP contribution in [-0.2, 0) is 0 Å². The highest BCUT2D eigenvalue weighted by atomic mass is 16.5. The number of H-pyrrole nitrogens is 1. The van der Waals surface area contributed by atoms with Gasteiger partial charge in [-0.25, -0.2) is 0 Å². The molecule has 1 fully saturated rings. The summed E-state index contributed by atoms with van der Waals surface area (Å²) in [6.07, 6.45) is 2.03. The van der Waals surface area contributed by atoms with E-state index in [1.807, 2.05) is 54.3 Å². The van der Waals surface area contributed by atoms with Crippen LogP contribution in [0, 0.1) is 0 Å². The summed E-state index contributed by atoms with van der Waals surface area (Å²) in [5.41, 5.74) is 2.84. The number of hydrogen-bond donors (Lipinski definition) is 1. The summed E-state index contributed by atoms with van der Waals surface area (Å²) in [5.74, 6) is 0.949. The third-order valence-electron chi connectivity index (χ3n) is 4.85. The van der Waals surface area contributed by atoms with Gasteiger partial charge in [0, 0.05) is 17.4 Å². The maximum Gasteiger partial charge on any atom is 0.270 e. The molecule has 0 aliphatic carbocycles. The van der Waals surface area contributed by atoms with Crippen molar-refractivity contribution in [2.24, 2.45) is 0 Å². The van der Waals surface area contributed by atoms with Crippen molar-refractivity contribution in [3.63, 3.8) is 0 Å². The minimum atomic E-state index is 0.0765. The summed E-state index contributed by atoms with van der Waals surface area (Å²) in [6, 6.07) is 18.2. The van der Waals surface area contributed by atoms with Crippen LogP contribution in [0.2, 0.25) is 0 Å². The van der Waals surface area contributed by atoms with Crippen molar-refractivity contribution in [3.8, 4) is 5.75 Å². The van der Waals surface area contributed by atoms with E-state index in [-0.39, 0.29) is 11.9 Å². The Morgan fingerprint density at radius 3 is 2.76 bits per heavy atom. The number of likely N-dealkylation sites (tertiary alicyclic amines) is 1. The maximum atomic E-state index is 13.0. The molecule has 1 aliphatic heterocycles. The summed E-state index contributed by atoms with van der Waals surface area (Å²) in [7, 11) is 0. The number of hydrogen-bond acceptors (Lipinski definition) is 2. The molecule has 1 unspecified atom stereocenters. The number of ether oxygens (including phenoxy) is 1. The Morgan fingerprint density at radius 1 is 1.20 bits per heavy atom. The van der Waals surface area contributed by atoms with Crippen molar-refractivity contribution < 1.29 is 9.53 Å². The molecule has 0 spiro atoms. The van der Waals surface area contributed by atoms with Gasteiger partial charge < -0.3 is 14.6 Å². The van der Waals surface area contributed by atoms with Gasteiger partial charge in [-0.05, 0) is 49.6 Å². The summed E-state index contributed by atoms with van der Waals surface area (Å²) >= 11 is 0. The van der Waals surface area contributed by atoms with Crippen molar-refractivity contribution in [2.45, 2.75) is 25.8 Å². The molecule has 4 heteroatoms. The Morgan fingerprint density at radius 2 is 2.00 bits per heavy atom. The van der Waals surface area contributed by atoms with Crippen LogP contribution in [0.3, 0.4) is 0 Å². The lowest BCUT2D eigenvalue weighted by Crippen LogP contribution is -2.30. The van der Waals surface area contributed by atoms with Crippen LogP contribution in [-0.4, -0.2) is 28.9 Å². The van der Waals surface area contributed by atoms with E-state index < -0.39 is 0 Å². The monoisotopic (exact) mass is 334 g/mol. The van der Waals surface area contributed by atoms with E-state index in [9.17, 15) is 4.79 Å². The number of nitrogens with zero attached hydrogens (tertiary/aromatic N) is 1. The first-order valence-electron chi connectivity index (χ1n) is 8.88. The number of para-hydroxylation sites is 1. The van der Waals surface area contributed by atoms with Crippen LogP contribution in [0.4, 0.5) is 0 Å². The molecule has 3 aromatic rings. The van der Waals surface area contributed by atoms with Crippen LogP contribution >= 0.6 is 0 Å². The van der Waals surface area contributed by atoms with Gasteiger partial charge in [0.1, 0.15) is 11.4 Å². The summed E-state index contributed by atoms with van der Waals surface area (Å²) in [6.45, 7) is 3.44. The minimum Gasteiger partial charge on any atom is -0.494 e. The van der Waals surface area contributed by atoms with Crippen molar-refractivity contribution in [1.82, 2.24) is 9.88 Å². The van der Waals surface area contributed by atoms with Crippen LogP contribution < -0.4 is 4.74 Å². The fraction of sp³-hybridized carbons (Fsp3) is 0.286. The molecule has 0 bridgehead atoms. The van der Waals surface area contributed by atoms with Gasteiger partial charge in [0.05, 0.1) is 12.6 Å². The molecule has 1 amide bonds. The third kappa shape index (κ3) is 3.00. The number of carbonyl (C=O) groups is 1. The predicted molar refractivity (Wildman–Crippen MR) is 98.9 cm³/mol. The van der Waals surface area contributed by atoms with Gasteiger partial charge in [-0.3, -0.25) is 4.79 Å². The first-order valence-corrected chi connectivity index (χ1v) is 8.88. The van der Waals surface area contributed by atoms with E-state index in [0.717, 1.165) is 36.0 Å². The fourth-order valence-corrected chi connectivity index (χ4v) is 3.65. The largest absolute Gasteiger partial charge is 0.494 e. The first kappa shape index (κ1) is 15.8. The van der Waals surface area contributed by atoms with Gasteiger partial charge in [-0.15, -0.1) is 0 Å². The number of benzene rings is 2. The third-order valence-corrected chi connectivity index (χ3v) is 4.85. The zero-order valence-corrected chi connectivity index (χ0v) is 14.4. The molecule has 128 valence electrons. The standard InChI is InChI=1S/C21H22N2O2/c1-2-25-17-11-9-15(10-12-17)20-8-5-13-23(20)21(24)19-14-16-6-3-4-7-18(16)22-19/h3-4,6-7,9-12,14,20,22H,2,5,8,13H2,1H3. The maximum absolute atomic E-state index is 13.0. The molecule has 1 N–H and O–H groups in total. The molecule has 2 aromatic carbocycles. The molecular formula is C21H22N2O2. The number of fused-ring (bicyclic) bond motifs is 1. The number of aromatic nitrogens is 1. The van der Waals surface area contributed by atoms with E-state index in [1.165, 1.54) is 5.56 Å². The molecule has 2 heterocycles. The predicted octanol–water partition coefficient (Wildman–Crippen LogP) is 4.54. The molecular weight excluding hydrogens is 312 g/mol. The average Bonchev–Trinajstić information content (AvgIpc) is 3.29. The van der Waals surface area contributed by atoms with E-state index in [0.29, 0.717) is 12.3 Å². The lowest BCUT2D eigenvalue weighted by Gasteiger charge is -2.24. The molecule has 1 saturated heterocycles. The zero-order chi connectivity index (χ0) is 17.2. The number of rotatable bonds is 4. The number of aromatic amines is 1. The summed E-state index contributed by atoms with van der Waals surface area (Å²) < 4.78 is 5.52. The lowest BCUT2D eigenvalue weighted by molar-refractivity contribution is 0.0730. The zero-order valence-electron chi connectivity index (χ0n) is 14.4. The lowest BCUT2D eigenvalue weighted by atomic mass is 10.0. The second-order valence-electron chi connectivity index (χ2n) is 6.43. The Kier molecular flexibility index (Phi) is 4.18. The summed E-state index contributed by atoms with van der Waals surface area (Å²) in [4.78, 5) is 18.3. The van der Waals surface area contributed by atoms with Gasteiger partial charge in [0.15, 0.2) is 0 Å². The Hall–Kier alpha value is -2.75. The summed E-state index contributed by atoms with van der Waals surface area (Å²) in [5, 5.41) is 1.07. The van der Waals surface area contributed by atoms with E-state index in [1.54, 1.807) is 0 Å². The molecule has 1 atom stereocenters. The Bertz CT molecular complexity index is 849. The molecule has 4 nitrogen and oxygen atoms in total. The molecule has 25 heavy (non-hydrogen) atoms. The molecule has 0 saturated carbocycles. The molecule has 4 rings (SSSR count). The van der Waals surface area contributed by atoms with Gasteiger partial charge in [0.2, 0.25) is 0 Å². The van der Waals surface area contributed by atoms with Gasteiger partial charge in [-0.2, -0.15) is 0 Å². The quantitative estimate of drug-likeness (QED) is 0.761. The number of carbonyl (C=O) groups excluding carboxylic acids is 1. The van der Waals surface area contributed by atoms with Crippen LogP contribution in [0.25, 0.3) is 10.9 Å². The molecule has 1 aliphatic rings. The van der Waals surface area contributed by atoms with Crippen LogP contribution in [0.15, 0.2) is 54.6 Å². The SMILES string of the molecule is CCOc1ccc(C2CCCN2C(=O)c2cc3ccccc3[nH]2)cc1. The van der Waals surface area contributed by atoms with Gasteiger partial charge >= 0.3 is 0 Å². The molecule has 1 aromatic heterocycles. The van der Waals surface area contributed by atoms with Gasteiger partial charge in [-0.1, -0.05) is 30.3 Å². The van der Waals surface area contributed by atoms with Crippen molar-refractivity contribution in [1.29, 1.82) is 0 Å².